The molecular weight excluding hydrogens is 242 g/mol. The lowest BCUT2D eigenvalue weighted by atomic mass is 9.89. The van der Waals surface area contributed by atoms with Gasteiger partial charge in [-0.25, -0.2) is 4.98 Å². The van der Waals surface area contributed by atoms with Crippen LogP contribution in [0.1, 0.15) is 31.4 Å². The lowest BCUT2D eigenvalue weighted by Gasteiger charge is -2.39. The number of imidazole rings is 1. The molecule has 1 spiro atoms. The number of hydrogen-bond acceptors (Lipinski definition) is 4. The van der Waals surface area contributed by atoms with Crippen molar-refractivity contribution in [2.24, 2.45) is 7.05 Å². The summed E-state index contributed by atoms with van der Waals surface area (Å²) in [4.78, 5) is 6.60. The fourth-order valence-electron chi connectivity index (χ4n) is 3.19. The molecule has 1 aliphatic carbocycles. The zero-order chi connectivity index (χ0) is 13.3. The van der Waals surface area contributed by atoms with Crippen LogP contribution < -0.4 is 0 Å². The van der Waals surface area contributed by atoms with Gasteiger partial charge in [-0.2, -0.15) is 0 Å². The first-order valence-corrected chi connectivity index (χ1v) is 7.12. The summed E-state index contributed by atoms with van der Waals surface area (Å²) < 4.78 is 13.6. The predicted octanol–water partition coefficient (Wildman–Crippen LogP) is 1.54. The molecule has 0 bridgehead atoms. The van der Waals surface area contributed by atoms with Gasteiger partial charge in [0.05, 0.1) is 25.2 Å². The SMILES string of the molecule is CN(Cc1cncn1C)C1CCC2(CC1)OCCO2. The van der Waals surface area contributed by atoms with Crippen molar-refractivity contribution in [3.8, 4) is 0 Å². The second-order valence-electron chi connectivity index (χ2n) is 5.75. The Labute approximate surface area is 114 Å². The summed E-state index contributed by atoms with van der Waals surface area (Å²) in [5.74, 6) is -0.246. The van der Waals surface area contributed by atoms with Crippen molar-refractivity contribution in [2.75, 3.05) is 20.3 Å². The number of rotatable bonds is 3. The Balaban J connectivity index is 1.54. The molecule has 5 nitrogen and oxygen atoms in total. The Morgan fingerprint density at radius 1 is 1.37 bits per heavy atom. The number of aromatic nitrogens is 2. The molecule has 1 aromatic rings. The van der Waals surface area contributed by atoms with Crippen molar-refractivity contribution in [1.82, 2.24) is 14.5 Å². The number of aryl methyl sites for hydroxylation is 1. The smallest absolute Gasteiger partial charge is 0.168 e. The molecule has 2 fully saturated rings. The Bertz CT molecular complexity index is 416. The Hall–Kier alpha value is -0.910. The van der Waals surface area contributed by atoms with Crippen molar-refractivity contribution in [2.45, 2.75) is 44.1 Å². The highest BCUT2D eigenvalue weighted by Gasteiger charge is 2.41. The first-order chi connectivity index (χ1) is 9.19. The van der Waals surface area contributed by atoms with Crippen LogP contribution in [0, 0.1) is 0 Å². The van der Waals surface area contributed by atoms with Gasteiger partial charge in [0.25, 0.3) is 0 Å². The second-order valence-corrected chi connectivity index (χ2v) is 5.75. The number of ether oxygens (including phenoxy) is 2. The molecule has 1 aromatic heterocycles. The number of hydrogen-bond donors (Lipinski definition) is 0. The molecule has 1 saturated heterocycles. The van der Waals surface area contributed by atoms with Crippen LogP contribution >= 0.6 is 0 Å². The molecule has 3 rings (SSSR count). The fourth-order valence-corrected chi connectivity index (χ4v) is 3.19. The van der Waals surface area contributed by atoms with Gasteiger partial charge in [-0.1, -0.05) is 0 Å². The van der Waals surface area contributed by atoms with E-state index in [2.05, 4.69) is 21.5 Å². The minimum atomic E-state index is -0.246. The molecule has 2 aliphatic rings. The van der Waals surface area contributed by atoms with Crippen LogP contribution in [-0.4, -0.2) is 46.5 Å². The van der Waals surface area contributed by atoms with E-state index in [0.717, 1.165) is 45.4 Å². The van der Waals surface area contributed by atoms with E-state index in [1.54, 1.807) is 0 Å². The predicted molar refractivity (Wildman–Crippen MR) is 71.6 cm³/mol. The highest BCUT2D eigenvalue weighted by Crippen LogP contribution is 2.37. The minimum Gasteiger partial charge on any atom is -0.348 e. The van der Waals surface area contributed by atoms with E-state index in [1.165, 1.54) is 5.69 Å². The molecule has 0 aromatic carbocycles. The highest BCUT2D eigenvalue weighted by atomic mass is 16.7. The van der Waals surface area contributed by atoms with Crippen molar-refractivity contribution < 1.29 is 9.47 Å². The Morgan fingerprint density at radius 3 is 2.63 bits per heavy atom. The van der Waals surface area contributed by atoms with E-state index < -0.39 is 0 Å². The standard InChI is InChI=1S/C14H23N3O2/c1-16(10-13-9-15-11-17(13)2)12-3-5-14(6-4-12)18-7-8-19-14/h9,11-12H,3-8,10H2,1-2H3. The molecule has 106 valence electrons. The maximum Gasteiger partial charge on any atom is 0.168 e. The third-order valence-corrected chi connectivity index (χ3v) is 4.48. The van der Waals surface area contributed by atoms with E-state index in [0.29, 0.717) is 6.04 Å². The van der Waals surface area contributed by atoms with Crippen LogP contribution in [0.25, 0.3) is 0 Å². The molecule has 1 saturated carbocycles. The van der Waals surface area contributed by atoms with Gasteiger partial charge in [0.2, 0.25) is 0 Å². The van der Waals surface area contributed by atoms with Gasteiger partial charge in [0, 0.05) is 38.7 Å². The monoisotopic (exact) mass is 265 g/mol. The first-order valence-electron chi connectivity index (χ1n) is 7.12. The quantitative estimate of drug-likeness (QED) is 0.831. The van der Waals surface area contributed by atoms with Crippen LogP contribution in [0.5, 0.6) is 0 Å². The summed E-state index contributed by atoms with van der Waals surface area (Å²) in [5, 5.41) is 0. The first kappa shape index (κ1) is 13.1. The average Bonchev–Trinajstić information content (AvgIpc) is 3.01. The summed E-state index contributed by atoms with van der Waals surface area (Å²) >= 11 is 0. The third kappa shape index (κ3) is 2.68. The molecule has 1 aliphatic heterocycles. The lowest BCUT2D eigenvalue weighted by Crippen LogP contribution is -2.42. The average molecular weight is 265 g/mol. The second kappa shape index (κ2) is 5.23. The molecule has 0 unspecified atom stereocenters. The van der Waals surface area contributed by atoms with Gasteiger partial charge in [0.1, 0.15) is 0 Å². The molecule has 2 heterocycles. The number of nitrogens with zero attached hydrogens (tertiary/aromatic N) is 3. The van der Waals surface area contributed by atoms with Gasteiger partial charge in [-0.3, -0.25) is 4.90 Å². The zero-order valence-electron chi connectivity index (χ0n) is 11.8. The van der Waals surface area contributed by atoms with Crippen molar-refractivity contribution in [3.63, 3.8) is 0 Å². The zero-order valence-corrected chi connectivity index (χ0v) is 11.8. The van der Waals surface area contributed by atoms with Gasteiger partial charge >= 0.3 is 0 Å². The summed E-state index contributed by atoms with van der Waals surface area (Å²) in [7, 11) is 4.25. The summed E-state index contributed by atoms with van der Waals surface area (Å²) in [6.07, 6.45) is 8.15. The van der Waals surface area contributed by atoms with E-state index in [-0.39, 0.29) is 5.79 Å². The summed E-state index contributed by atoms with van der Waals surface area (Å²) in [6, 6.07) is 0.619. The molecule has 0 atom stereocenters. The van der Waals surface area contributed by atoms with Crippen LogP contribution in [0.3, 0.4) is 0 Å². The highest BCUT2D eigenvalue weighted by molar-refractivity contribution is 4.98. The Morgan fingerprint density at radius 2 is 2.05 bits per heavy atom. The van der Waals surface area contributed by atoms with Gasteiger partial charge < -0.3 is 14.0 Å². The van der Waals surface area contributed by atoms with Gasteiger partial charge in [-0.05, 0) is 19.9 Å². The van der Waals surface area contributed by atoms with Crippen molar-refractivity contribution in [1.29, 1.82) is 0 Å². The maximum atomic E-state index is 5.78. The lowest BCUT2D eigenvalue weighted by molar-refractivity contribution is -0.183. The van der Waals surface area contributed by atoms with Crippen LogP contribution in [0.15, 0.2) is 12.5 Å². The summed E-state index contributed by atoms with van der Waals surface area (Å²) in [5.41, 5.74) is 1.26. The van der Waals surface area contributed by atoms with E-state index >= 15 is 0 Å². The normalized spacial score (nSPS) is 23.5. The van der Waals surface area contributed by atoms with Gasteiger partial charge in [0.15, 0.2) is 5.79 Å². The molecule has 19 heavy (non-hydrogen) atoms. The summed E-state index contributed by atoms with van der Waals surface area (Å²) in [6.45, 7) is 2.47. The van der Waals surface area contributed by atoms with E-state index in [4.69, 9.17) is 9.47 Å². The molecule has 0 amide bonds. The molecule has 5 heteroatoms. The minimum absolute atomic E-state index is 0.246. The third-order valence-electron chi connectivity index (χ3n) is 4.48. The van der Waals surface area contributed by atoms with Crippen LogP contribution in [-0.2, 0) is 23.1 Å². The molecular formula is C14H23N3O2. The van der Waals surface area contributed by atoms with E-state index in [9.17, 15) is 0 Å². The molecule has 0 radical (unpaired) electrons. The van der Waals surface area contributed by atoms with Crippen molar-refractivity contribution in [3.05, 3.63) is 18.2 Å². The van der Waals surface area contributed by atoms with E-state index in [1.807, 2.05) is 19.6 Å². The Kier molecular flexibility index (Phi) is 3.60. The van der Waals surface area contributed by atoms with Crippen LogP contribution in [0.2, 0.25) is 0 Å². The maximum absolute atomic E-state index is 5.78. The van der Waals surface area contributed by atoms with Gasteiger partial charge in [-0.15, -0.1) is 0 Å². The fraction of sp³-hybridized carbons (Fsp3) is 0.786. The topological polar surface area (TPSA) is 39.5 Å². The molecule has 0 N–H and O–H groups in total. The largest absolute Gasteiger partial charge is 0.348 e. The van der Waals surface area contributed by atoms with Crippen LogP contribution in [0.4, 0.5) is 0 Å². The van der Waals surface area contributed by atoms with Crippen molar-refractivity contribution >= 4 is 0 Å².